The van der Waals surface area contributed by atoms with Gasteiger partial charge in [-0.25, -0.2) is 0 Å². The first kappa shape index (κ1) is 16.8. The lowest BCUT2D eigenvalue weighted by Gasteiger charge is -2.20. The van der Waals surface area contributed by atoms with Crippen LogP contribution in [0.1, 0.15) is 23.1 Å². The summed E-state index contributed by atoms with van der Waals surface area (Å²) in [6.07, 6.45) is 2.79. The number of fused-ring (bicyclic) bond motifs is 2. The summed E-state index contributed by atoms with van der Waals surface area (Å²) in [6.45, 7) is 0.782. The molecule has 5 nitrogen and oxygen atoms in total. The van der Waals surface area contributed by atoms with Gasteiger partial charge in [0.05, 0.1) is 26.4 Å². The van der Waals surface area contributed by atoms with Crippen LogP contribution in [0.4, 0.5) is 8.78 Å². The van der Waals surface area contributed by atoms with Crippen molar-refractivity contribution >= 4 is 0 Å². The van der Waals surface area contributed by atoms with Gasteiger partial charge in [0, 0.05) is 49.2 Å². The van der Waals surface area contributed by atoms with Crippen LogP contribution in [-0.2, 0) is 24.0 Å². The molecule has 0 radical (unpaired) electrons. The SMILES string of the molecule is COc1c2c(c(CCN3CCC(OC(F)F)C3)c3c1OCC3)OCC2. The fraction of sp³-hybridized carbons (Fsp3) is 0.667. The maximum absolute atomic E-state index is 12.4. The van der Waals surface area contributed by atoms with Gasteiger partial charge in [-0.05, 0) is 12.8 Å². The van der Waals surface area contributed by atoms with Crippen LogP contribution in [0.15, 0.2) is 0 Å². The van der Waals surface area contributed by atoms with E-state index in [4.69, 9.17) is 14.2 Å². The highest BCUT2D eigenvalue weighted by Gasteiger charge is 2.33. The number of methoxy groups -OCH3 is 1. The van der Waals surface area contributed by atoms with E-state index < -0.39 is 6.61 Å². The van der Waals surface area contributed by atoms with Gasteiger partial charge < -0.3 is 23.8 Å². The lowest BCUT2D eigenvalue weighted by molar-refractivity contribution is -0.158. The third-order valence-corrected chi connectivity index (χ3v) is 5.27. The Morgan fingerprint density at radius 2 is 1.92 bits per heavy atom. The number of rotatable bonds is 6. The zero-order chi connectivity index (χ0) is 17.4. The quantitative estimate of drug-likeness (QED) is 0.784. The molecule has 1 fully saturated rings. The summed E-state index contributed by atoms with van der Waals surface area (Å²) < 4.78 is 46.7. The Kier molecular flexibility index (Phi) is 4.69. The third-order valence-electron chi connectivity index (χ3n) is 5.27. The van der Waals surface area contributed by atoms with E-state index in [1.165, 1.54) is 11.1 Å². The minimum atomic E-state index is -2.69. The van der Waals surface area contributed by atoms with Gasteiger partial charge in [-0.1, -0.05) is 0 Å². The smallest absolute Gasteiger partial charge is 0.345 e. The second kappa shape index (κ2) is 6.96. The zero-order valence-corrected chi connectivity index (χ0v) is 14.4. The van der Waals surface area contributed by atoms with E-state index in [2.05, 4.69) is 9.64 Å². The number of benzene rings is 1. The van der Waals surface area contributed by atoms with Crippen LogP contribution in [0.3, 0.4) is 0 Å². The first-order valence-electron chi connectivity index (χ1n) is 8.83. The molecule has 0 saturated carbocycles. The molecule has 1 unspecified atom stereocenters. The monoisotopic (exact) mass is 355 g/mol. The maximum atomic E-state index is 12.4. The van der Waals surface area contributed by atoms with Gasteiger partial charge >= 0.3 is 6.61 Å². The summed E-state index contributed by atoms with van der Waals surface area (Å²) in [6, 6.07) is 0. The molecule has 3 aliphatic rings. The van der Waals surface area contributed by atoms with Crippen LogP contribution in [0.5, 0.6) is 17.2 Å². The van der Waals surface area contributed by atoms with Crippen LogP contribution in [0, 0.1) is 0 Å². The fourth-order valence-corrected chi connectivity index (χ4v) is 4.17. The average molecular weight is 355 g/mol. The molecule has 0 spiro atoms. The predicted molar refractivity (Wildman–Crippen MR) is 87.0 cm³/mol. The van der Waals surface area contributed by atoms with Crippen molar-refractivity contribution in [2.75, 3.05) is 40.0 Å². The fourth-order valence-electron chi connectivity index (χ4n) is 4.17. The molecule has 3 heterocycles. The van der Waals surface area contributed by atoms with E-state index in [9.17, 15) is 8.78 Å². The maximum Gasteiger partial charge on any atom is 0.345 e. The second-order valence-electron chi connectivity index (χ2n) is 6.68. The van der Waals surface area contributed by atoms with Crippen molar-refractivity contribution in [1.29, 1.82) is 0 Å². The minimum absolute atomic E-state index is 0.369. The third kappa shape index (κ3) is 3.15. The van der Waals surface area contributed by atoms with Crippen LogP contribution >= 0.6 is 0 Å². The van der Waals surface area contributed by atoms with E-state index in [0.717, 1.165) is 55.2 Å². The van der Waals surface area contributed by atoms with Gasteiger partial charge in [0.15, 0.2) is 11.5 Å². The Bertz CT molecular complexity index is 617. The normalized spacial score (nSPS) is 22.0. The highest BCUT2D eigenvalue weighted by Crippen LogP contribution is 2.49. The molecule has 25 heavy (non-hydrogen) atoms. The Morgan fingerprint density at radius 3 is 2.68 bits per heavy atom. The summed E-state index contributed by atoms with van der Waals surface area (Å²) >= 11 is 0. The van der Waals surface area contributed by atoms with E-state index >= 15 is 0 Å². The second-order valence-corrected chi connectivity index (χ2v) is 6.68. The van der Waals surface area contributed by atoms with Crippen molar-refractivity contribution in [3.05, 3.63) is 16.7 Å². The van der Waals surface area contributed by atoms with Gasteiger partial charge in [0.2, 0.25) is 0 Å². The van der Waals surface area contributed by atoms with Gasteiger partial charge in [-0.15, -0.1) is 0 Å². The molecule has 4 rings (SSSR count). The van der Waals surface area contributed by atoms with Crippen molar-refractivity contribution in [3.63, 3.8) is 0 Å². The largest absolute Gasteiger partial charge is 0.493 e. The molecular formula is C18H23F2NO4. The average Bonchev–Trinajstić information content (AvgIpc) is 3.31. The Hall–Kier alpha value is -1.60. The van der Waals surface area contributed by atoms with Crippen molar-refractivity contribution in [2.45, 2.75) is 38.4 Å². The molecule has 0 amide bonds. The molecule has 0 N–H and O–H groups in total. The number of alkyl halides is 2. The Balaban J connectivity index is 1.50. The van der Waals surface area contributed by atoms with E-state index in [1.54, 1.807) is 7.11 Å². The zero-order valence-electron chi connectivity index (χ0n) is 14.4. The molecular weight excluding hydrogens is 332 g/mol. The van der Waals surface area contributed by atoms with Gasteiger partial charge in [0.25, 0.3) is 0 Å². The molecule has 0 aromatic heterocycles. The highest BCUT2D eigenvalue weighted by molar-refractivity contribution is 5.65. The molecule has 7 heteroatoms. The van der Waals surface area contributed by atoms with Crippen molar-refractivity contribution in [2.24, 2.45) is 0 Å². The molecule has 1 saturated heterocycles. The van der Waals surface area contributed by atoms with Gasteiger partial charge in [-0.3, -0.25) is 0 Å². The number of hydrogen-bond acceptors (Lipinski definition) is 5. The van der Waals surface area contributed by atoms with Gasteiger partial charge in [0.1, 0.15) is 5.75 Å². The van der Waals surface area contributed by atoms with E-state index in [1.807, 2.05) is 0 Å². The molecule has 1 atom stereocenters. The molecule has 0 bridgehead atoms. The molecule has 1 aromatic carbocycles. The molecule has 138 valence electrons. The molecule has 3 aliphatic heterocycles. The summed E-state index contributed by atoms with van der Waals surface area (Å²) in [5.41, 5.74) is 3.47. The summed E-state index contributed by atoms with van der Waals surface area (Å²) in [7, 11) is 1.67. The standard InChI is InChI=1S/C18H23F2NO4/c1-22-16-14-5-9-23-15(14)12(13-4-8-24-17(13)16)3-7-21-6-2-11(10-21)25-18(19)20/h11,18H,2-10H2,1H3. The topological polar surface area (TPSA) is 40.2 Å². The first-order chi connectivity index (χ1) is 12.2. The van der Waals surface area contributed by atoms with Crippen LogP contribution in [0.2, 0.25) is 0 Å². The number of halogens is 2. The van der Waals surface area contributed by atoms with E-state index in [0.29, 0.717) is 26.2 Å². The first-order valence-corrected chi connectivity index (χ1v) is 8.83. The Labute approximate surface area is 145 Å². The van der Waals surface area contributed by atoms with E-state index in [-0.39, 0.29) is 6.10 Å². The number of nitrogens with zero attached hydrogens (tertiary/aromatic N) is 1. The van der Waals surface area contributed by atoms with Gasteiger partial charge in [-0.2, -0.15) is 8.78 Å². The van der Waals surface area contributed by atoms with Crippen molar-refractivity contribution < 1.29 is 27.7 Å². The number of ether oxygens (including phenoxy) is 4. The number of likely N-dealkylation sites (tertiary alicyclic amines) is 1. The predicted octanol–water partition coefficient (Wildman–Crippen LogP) is 2.42. The summed E-state index contributed by atoms with van der Waals surface area (Å²) in [5, 5.41) is 0. The minimum Gasteiger partial charge on any atom is -0.493 e. The summed E-state index contributed by atoms with van der Waals surface area (Å²) in [4.78, 5) is 2.18. The molecule has 0 aliphatic carbocycles. The molecule has 1 aromatic rings. The summed E-state index contributed by atoms with van der Waals surface area (Å²) in [5.74, 6) is 2.62. The van der Waals surface area contributed by atoms with Crippen LogP contribution in [-0.4, -0.2) is 57.6 Å². The van der Waals surface area contributed by atoms with Crippen molar-refractivity contribution in [3.8, 4) is 17.2 Å². The lowest BCUT2D eigenvalue weighted by Crippen LogP contribution is -2.26. The number of hydrogen-bond donors (Lipinski definition) is 0. The van der Waals surface area contributed by atoms with Crippen LogP contribution in [0.25, 0.3) is 0 Å². The highest BCUT2D eigenvalue weighted by atomic mass is 19.3. The lowest BCUT2D eigenvalue weighted by atomic mass is 9.96. The Morgan fingerprint density at radius 1 is 1.16 bits per heavy atom. The van der Waals surface area contributed by atoms with Crippen LogP contribution < -0.4 is 14.2 Å². The van der Waals surface area contributed by atoms with Crippen molar-refractivity contribution in [1.82, 2.24) is 4.90 Å².